The number of rotatable bonds is 8. The molecule has 1 saturated heterocycles. The Balaban J connectivity index is 1.51. The predicted octanol–water partition coefficient (Wildman–Crippen LogP) is 4.04. The van der Waals surface area contributed by atoms with Crippen molar-refractivity contribution in [3.8, 4) is 11.5 Å². The summed E-state index contributed by atoms with van der Waals surface area (Å²) in [6.45, 7) is 8.44. The summed E-state index contributed by atoms with van der Waals surface area (Å²) in [5.74, 6) is 2.35. The van der Waals surface area contributed by atoms with Crippen LogP contribution in [0.4, 0.5) is 10.6 Å². The number of nitrogens with one attached hydrogen (secondary N) is 2. The number of amides is 2. The summed E-state index contributed by atoms with van der Waals surface area (Å²) in [6.07, 6.45) is 4.34. The first kappa shape index (κ1) is 21.7. The number of ether oxygens (including phenoxy) is 2. The molecule has 7 heteroatoms. The molecule has 162 valence electrons. The van der Waals surface area contributed by atoms with Gasteiger partial charge in [0.05, 0.1) is 19.3 Å². The molecule has 1 unspecified atom stereocenters. The van der Waals surface area contributed by atoms with E-state index in [1.807, 2.05) is 57.3 Å². The van der Waals surface area contributed by atoms with Crippen molar-refractivity contribution in [2.75, 3.05) is 25.1 Å². The first-order valence-electron chi connectivity index (χ1n) is 10.5. The zero-order valence-electron chi connectivity index (χ0n) is 18.3. The minimum atomic E-state index is -0.229. The molecule has 0 bridgehead atoms. The molecule has 1 aromatic carbocycles. The van der Waals surface area contributed by atoms with Crippen molar-refractivity contribution in [3.05, 3.63) is 47.7 Å². The third kappa shape index (κ3) is 5.78. The van der Waals surface area contributed by atoms with E-state index < -0.39 is 0 Å². The number of hydrogen-bond donors (Lipinski definition) is 2. The molecule has 2 heterocycles. The third-order valence-electron chi connectivity index (χ3n) is 5.09. The summed E-state index contributed by atoms with van der Waals surface area (Å²) in [6, 6.07) is 9.34. The number of hydrogen-bond acceptors (Lipinski definition) is 5. The van der Waals surface area contributed by atoms with Crippen LogP contribution in [0.1, 0.15) is 50.8 Å². The lowest BCUT2D eigenvalue weighted by Crippen LogP contribution is -2.36. The topological polar surface area (TPSA) is 75.7 Å². The molecule has 2 amide bonds. The normalized spacial score (nSPS) is 14.5. The molecule has 0 spiro atoms. The second-order valence-electron chi connectivity index (χ2n) is 7.84. The number of urea groups is 1. The van der Waals surface area contributed by atoms with Crippen molar-refractivity contribution >= 4 is 11.8 Å². The second-order valence-corrected chi connectivity index (χ2v) is 7.84. The molecule has 1 atom stereocenters. The zero-order valence-corrected chi connectivity index (χ0v) is 18.3. The Morgan fingerprint density at radius 3 is 2.53 bits per heavy atom. The number of methoxy groups -OCH3 is 1. The molecule has 7 nitrogen and oxygen atoms in total. The molecular weight excluding hydrogens is 380 g/mol. The van der Waals surface area contributed by atoms with Gasteiger partial charge in [-0.3, -0.25) is 0 Å². The van der Waals surface area contributed by atoms with Gasteiger partial charge in [0.25, 0.3) is 0 Å². The summed E-state index contributed by atoms with van der Waals surface area (Å²) >= 11 is 0. The number of benzene rings is 1. The van der Waals surface area contributed by atoms with Crippen LogP contribution in [0.2, 0.25) is 0 Å². The van der Waals surface area contributed by atoms with Crippen LogP contribution in [0.25, 0.3) is 0 Å². The molecular formula is C23H32N4O3. The van der Waals surface area contributed by atoms with Gasteiger partial charge in [-0.1, -0.05) is 12.1 Å². The summed E-state index contributed by atoms with van der Waals surface area (Å²) in [5, 5.41) is 5.85. The van der Waals surface area contributed by atoms with Crippen LogP contribution in [0.3, 0.4) is 0 Å². The van der Waals surface area contributed by atoms with Gasteiger partial charge >= 0.3 is 6.03 Å². The van der Waals surface area contributed by atoms with Gasteiger partial charge in [0, 0.05) is 25.8 Å². The molecule has 1 aromatic heterocycles. The van der Waals surface area contributed by atoms with E-state index in [-0.39, 0.29) is 18.2 Å². The van der Waals surface area contributed by atoms with Crippen LogP contribution >= 0.6 is 0 Å². The first-order chi connectivity index (χ1) is 14.5. The van der Waals surface area contributed by atoms with E-state index in [2.05, 4.69) is 20.5 Å². The average Bonchev–Trinajstić information content (AvgIpc) is 3.27. The Morgan fingerprint density at radius 2 is 1.90 bits per heavy atom. The van der Waals surface area contributed by atoms with E-state index >= 15 is 0 Å². The summed E-state index contributed by atoms with van der Waals surface area (Å²) in [4.78, 5) is 19.1. The Labute approximate surface area is 178 Å². The fourth-order valence-corrected chi connectivity index (χ4v) is 3.47. The fraction of sp³-hybridized carbons (Fsp3) is 0.478. The van der Waals surface area contributed by atoms with Gasteiger partial charge < -0.3 is 25.0 Å². The van der Waals surface area contributed by atoms with Gasteiger partial charge in [0.1, 0.15) is 5.82 Å². The van der Waals surface area contributed by atoms with Crippen LogP contribution in [-0.2, 0) is 6.54 Å². The van der Waals surface area contributed by atoms with Gasteiger partial charge in [-0.05, 0) is 62.9 Å². The molecule has 0 aliphatic carbocycles. The number of carbonyl (C=O) groups is 1. The summed E-state index contributed by atoms with van der Waals surface area (Å²) in [5.41, 5.74) is 1.91. The van der Waals surface area contributed by atoms with Crippen molar-refractivity contribution in [1.29, 1.82) is 0 Å². The van der Waals surface area contributed by atoms with Crippen LogP contribution < -0.4 is 25.0 Å². The zero-order chi connectivity index (χ0) is 21.5. The maximum Gasteiger partial charge on any atom is 0.315 e. The van der Waals surface area contributed by atoms with Gasteiger partial charge in [-0.2, -0.15) is 0 Å². The standard InChI is InChI=1S/C23H32N4O3/c1-16(2)30-20-9-8-19(13-21(20)29-4)17(3)26-23(28)25-15-18-7-10-22(24-14-18)27-11-5-6-12-27/h7-10,13-14,16-17H,5-6,11-12,15H2,1-4H3,(H2,25,26,28). The fourth-order valence-electron chi connectivity index (χ4n) is 3.47. The Morgan fingerprint density at radius 1 is 1.13 bits per heavy atom. The van der Waals surface area contributed by atoms with Crippen molar-refractivity contribution < 1.29 is 14.3 Å². The van der Waals surface area contributed by atoms with Gasteiger partial charge in [-0.25, -0.2) is 9.78 Å². The predicted molar refractivity (Wildman–Crippen MR) is 118 cm³/mol. The lowest BCUT2D eigenvalue weighted by molar-refractivity contribution is 0.230. The quantitative estimate of drug-likeness (QED) is 0.684. The monoisotopic (exact) mass is 412 g/mol. The highest BCUT2D eigenvalue weighted by atomic mass is 16.5. The molecule has 1 aliphatic heterocycles. The minimum absolute atomic E-state index is 0.0602. The van der Waals surface area contributed by atoms with Crippen LogP contribution in [0.15, 0.2) is 36.5 Å². The molecule has 0 radical (unpaired) electrons. The molecule has 30 heavy (non-hydrogen) atoms. The van der Waals surface area contributed by atoms with Crippen LogP contribution in [-0.4, -0.2) is 37.3 Å². The molecule has 3 rings (SSSR count). The number of nitrogens with zero attached hydrogens (tertiary/aromatic N) is 2. The first-order valence-corrected chi connectivity index (χ1v) is 10.5. The highest BCUT2D eigenvalue weighted by Gasteiger charge is 2.15. The van der Waals surface area contributed by atoms with E-state index in [4.69, 9.17) is 9.47 Å². The molecule has 1 aliphatic rings. The second kappa shape index (κ2) is 10.2. The lowest BCUT2D eigenvalue weighted by atomic mass is 10.1. The maximum atomic E-state index is 12.3. The van der Waals surface area contributed by atoms with Gasteiger partial charge in [0.2, 0.25) is 0 Å². The average molecular weight is 413 g/mol. The molecule has 2 N–H and O–H groups in total. The number of pyridine rings is 1. The molecule has 0 saturated carbocycles. The van der Waals surface area contributed by atoms with E-state index in [1.165, 1.54) is 12.8 Å². The number of anilines is 1. The molecule has 2 aromatic rings. The van der Waals surface area contributed by atoms with Crippen LogP contribution in [0.5, 0.6) is 11.5 Å². The van der Waals surface area contributed by atoms with E-state index in [1.54, 1.807) is 7.11 Å². The van der Waals surface area contributed by atoms with Crippen molar-refractivity contribution in [1.82, 2.24) is 15.6 Å². The highest BCUT2D eigenvalue weighted by Crippen LogP contribution is 2.31. The minimum Gasteiger partial charge on any atom is -0.493 e. The number of aromatic nitrogens is 1. The summed E-state index contributed by atoms with van der Waals surface area (Å²) in [7, 11) is 1.61. The van der Waals surface area contributed by atoms with Crippen LogP contribution in [0, 0.1) is 0 Å². The number of carbonyl (C=O) groups excluding carboxylic acids is 1. The SMILES string of the molecule is COc1cc(C(C)NC(=O)NCc2ccc(N3CCCC3)nc2)ccc1OC(C)C. The Hall–Kier alpha value is -2.96. The smallest absolute Gasteiger partial charge is 0.315 e. The van der Waals surface area contributed by atoms with Gasteiger partial charge in [0.15, 0.2) is 11.5 Å². The largest absolute Gasteiger partial charge is 0.493 e. The van der Waals surface area contributed by atoms with E-state index in [9.17, 15) is 4.79 Å². The Kier molecular flexibility index (Phi) is 7.38. The lowest BCUT2D eigenvalue weighted by Gasteiger charge is -2.19. The summed E-state index contributed by atoms with van der Waals surface area (Å²) < 4.78 is 11.2. The Bertz CT molecular complexity index is 833. The van der Waals surface area contributed by atoms with Crippen molar-refractivity contribution in [2.24, 2.45) is 0 Å². The molecule has 1 fully saturated rings. The van der Waals surface area contributed by atoms with Gasteiger partial charge in [-0.15, -0.1) is 0 Å². The van der Waals surface area contributed by atoms with Crippen molar-refractivity contribution in [2.45, 2.75) is 52.3 Å². The van der Waals surface area contributed by atoms with E-state index in [0.29, 0.717) is 18.0 Å². The van der Waals surface area contributed by atoms with Crippen molar-refractivity contribution in [3.63, 3.8) is 0 Å². The maximum absolute atomic E-state index is 12.3. The van der Waals surface area contributed by atoms with E-state index in [0.717, 1.165) is 30.0 Å². The third-order valence-corrected chi connectivity index (χ3v) is 5.09. The highest BCUT2D eigenvalue weighted by molar-refractivity contribution is 5.74.